The molecule has 2 aromatic heterocycles. The molecule has 2 heterocycles. The van der Waals surface area contributed by atoms with Gasteiger partial charge in [-0.2, -0.15) is 0 Å². The molecule has 0 saturated heterocycles. The summed E-state index contributed by atoms with van der Waals surface area (Å²) in [5, 5.41) is 0.596. The third-order valence-electron chi connectivity index (χ3n) is 3.00. The molecule has 6 heteroatoms. The normalized spacial score (nSPS) is 10.4. The number of hydrogen-bond donors (Lipinski definition) is 0. The van der Waals surface area contributed by atoms with E-state index in [9.17, 15) is 4.79 Å². The third-order valence-corrected chi connectivity index (χ3v) is 3.85. The largest absolute Gasteiger partial charge is 0.343 e. The molecule has 0 fully saturated rings. The summed E-state index contributed by atoms with van der Waals surface area (Å²) in [7, 11) is 0. The molecule has 0 unspecified atom stereocenters. The second-order valence-corrected chi connectivity index (χ2v) is 5.24. The van der Waals surface area contributed by atoms with Crippen molar-refractivity contribution in [2.24, 2.45) is 0 Å². The maximum atomic E-state index is 12.0. The number of aromatic nitrogens is 3. The highest BCUT2D eigenvalue weighted by atomic mass is 32.2. The van der Waals surface area contributed by atoms with Crippen molar-refractivity contribution < 1.29 is 4.79 Å². The molecule has 2 aromatic rings. The van der Waals surface area contributed by atoms with Crippen molar-refractivity contribution in [3.05, 3.63) is 36.7 Å². The molecule has 5 nitrogen and oxygen atoms in total. The number of thioether (sulfide) groups is 1. The van der Waals surface area contributed by atoms with Crippen LogP contribution < -0.4 is 0 Å². The lowest BCUT2D eigenvalue weighted by Gasteiger charge is -2.17. The molecular weight excluding hydrogens is 284 g/mol. The Bertz CT molecular complexity index is 587. The van der Waals surface area contributed by atoms with Gasteiger partial charge in [0.2, 0.25) is 5.91 Å². The van der Waals surface area contributed by atoms with E-state index in [1.54, 1.807) is 17.3 Å². The Morgan fingerprint density at radius 2 is 1.90 bits per heavy atom. The van der Waals surface area contributed by atoms with Crippen molar-refractivity contribution in [3.8, 4) is 11.4 Å². The highest BCUT2D eigenvalue weighted by Gasteiger charge is 2.11. The van der Waals surface area contributed by atoms with Crippen molar-refractivity contribution in [1.29, 1.82) is 0 Å². The maximum absolute atomic E-state index is 12.0. The van der Waals surface area contributed by atoms with Gasteiger partial charge in [0.05, 0.1) is 17.1 Å². The maximum Gasteiger partial charge on any atom is 0.233 e. The molecule has 0 aromatic carbocycles. The first-order valence-corrected chi connectivity index (χ1v) is 7.88. The first-order chi connectivity index (χ1) is 10.2. The zero-order valence-electron chi connectivity index (χ0n) is 12.2. The standard InChI is InChI=1S/C15H18N4OS/c1-3-19(4-2)14(20)11-21-15-17-10-8-13(18-15)12-7-5-6-9-16-12/h5-10H,3-4,11H2,1-2H3. The van der Waals surface area contributed by atoms with Crippen LogP contribution in [0.4, 0.5) is 0 Å². The van der Waals surface area contributed by atoms with E-state index in [-0.39, 0.29) is 5.91 Å². The van der Waals surface area contributed by atoms with Crippen LogP contribution in [0.15, 0.2) is 41.8 Å². The van der Waals surface area contributed by atoms with Crippen LogP contribution in [-0.4, -0.2) is 44.6 Å². The number of hydrogen-bond acceptors (Lipinski definition) is 5. The third kappa shape index (κ3) is 4.26. The molecule has 0 aliphatic heterocycles. The summed E-state index contributed by atoms with van der Waals surface area (Å²) in [6.07, 6.45) is 3.43. The number of amides is 1. The Labute approximate surface area is 128 Å². The van der Waals surface area contributed by atoms with Crippen LogP contribution in [0.25, 0.3) is 11.4 Å². The average Bonchev–Trinajstić information content (AvgIpc) is 2.55. The Morgan fingerprint density at radius 3 is 2.57 bits per heavy atom. The van der Waals surface area contributed by atoms with E-state index < -0.39 is 0 Å². The van der Waals surface area contributed by atoms with Crippen molar-refractivity contribution in [3.63, 3.8) is 0 Å². The highest BCUT2D eigenvalue weighted by Crippen LogP contribution is 2.18. The lowest BCUT2D eigenvalue weighted by molar-refractivity contribution is -0.127. The molecule has 0 N–H and O–H groups in total. The molecule has 2 rings (SSSR count). The minimum atomic E-state index is 0.108. The molecule has 0 aliphatic rings. The summed E-state index contributed by atoms with van der Waals surface area (Å²) in [6, 6.07) is 7.50. The van der Waals surface area contributed by atoms with Gasteiger partial charge in [-0.3, -0.25) is 9.78 Å². The lowest BCUT2D eigenvalue weighted by Crippen LogP contribution is -2.31. The van der Waals surface area contributed by atoms with Gasteiger partial charge in [0.1, 0.15) is 0 Å². The Hall–Kier alpha value is -1.95. The smallest absolute Gasteiger partial charge is 0.233 e. The average molecular weight is 302 g/mol. The molecule has 0 radical (unpaired) electrons. The van der Waals surface area contributed by atoms with Crippen molar-refractivity contribution in [1.82, 2.24) is 19.9 Å². The molecule has 0 atom stereocenters. The van der Waals surface area contributed by atoms with E-state index in [0.717, 1.165) is 24.5 Å². The van der Waals surface area contributed by atoms with E-state index in [1.807, 2.05) is 38.1 Å². The molecule has 0 aliphatic carbocycles. The zero-order chi connectivity index (χ0) is 15.1. The van der Waals surface area contributed by atoms with Gasteiger partial charge in [-0.25, -0.2) is 9.97 Å². The lowest BCUT2D eigenvalue weighted by atomic mass is 10.3. The second kappa shape index (κ2) is 7.73. The molecule has 0 saturated carbocycles. The molecule has 110 valence electrons. The SMILES string of the molecule is CCN(CC)C(=O)CSc1nccc(-c2ccccn2)n1. The van der Waals surface area contributed by atoms with Gasteiger partial charge < -0.3 is 4.90 Å². The summed E-state index contributed by atoms with van der Waals surface area (Å²) in [5.41, 5.74) is 1.57. The summed E-state index contributed by atoms with van der Waals surface area (Å²) in [4.78, 5) is 26.7. The minimum absolute atomic E-state index is 0.108. The van der Waals surface area contributed by atoms with Crippen molar-refractivity contribution in [2.45, 2.75) is 19.0 Å². The van der Waals surface area contributed by atoms with E-state index in [1.165, 1.54) is 11.8 Å². The number of rotatable bonds is 6. The fourth-order valence-electron chi connectivity index (χ4n) is 1.86. The fraction of sp³-hybridized carbons (Fsp3) is 0.333. The Morgan fingerprint density at radius 1 is 1.10 bits per heavy atom. The van der Waals surface area contributed by atoms with Gasteiger partial charge in [-0.15, -0.1) is 0 Å². The number of pyridine rings is 1. The number of carbonyl (C=O) groups is 1. The van der Waals surface area contributed by atoms with Gasteiger partial charge in [-0.05, 0) is 32.0 Å². The van der Waals surface area contributed by atoms with Crippen LogP contribution in [0.2, 0.25) is 0 Å². The molecule has 21 heavy (non-hydrogen) atoms. The van der Waals surface area contributed by atoms with Crippen LogP contribution in [0, 0.1) is 0 Å². The number of carbonyl (C=O) groups excluding carboxylic acids is 1. The van der Waals surface area contributed by atoms with Crippen molar-refractivity contribution in [2.75, 3.05) is 18.8 Å². The van der Waals surface area contributed by atoms with Gasteiger partial charge in [0.15, 0.2) is 5.16 Å². The Kier molecular flexibility index (Phi) is 5.68. The zero-order valence-corrected chi connectivity index (χ0v) is 13.0. The van der Waals surface area contributed by atoms with Crippen molar-refractivity contribution >= 4 is 17.7 Å². The van der Waals surface area contributed by atoms with E-state index >= 15 is 0 Å². The first-order valence-electron chi connectivity index (χ1n) is 6.89. The summed E-state index contributed by atoms with van der Waals surface area (Å²) < 4.78 is 0. The Balaban J connectivity index is 2.04. The summed E-state index contributed by atoms with van der Waals surface area (Å²) >= 11 is 1.36. The minimum Gasteiger partial charge on any atom is -0.343 e. The van der Waals surface area contributed by atoms with Crippen LogP contribution in [0.3, 0.4) is 0 Å². The highest BCUT2D eigenvalue weighted by molar-refractivity contribution is 7.99. The van der Waals surface area contributed by atoms with E-state index in [2.05, 4.69) is 15.0 Å². The number of nitrogens with zero attached hydrogens (tertiary/aromatic N) is 4. The van der Waals surface area contributed by atoms with Crippen LogP contribution in [0.1, 0.15) is 13.8 Å². The first kappa shape index (κ1) is 15.4. The second-order valence-electron chi connectivity index (χ2n) is 4.29. The fourth-order valence-corrected chi connectivity index (χ4v) is 2.59. The predicted molar refractivity (Wildman–Crippen MR) is 83.9 cm³/mol. The van der Waals surface area contributed by atoms with Gasteiger partial charge in [0, 0.05) is 25.5 Å². The van der Waals surface area contributed by atoms with Gasteiger partial charge >= 0.3 is 0 Å². The quantitative estimate of drug-likeness (QED) is 0.606. The molecular formula is C15H18N4OS. The molecule has 1 amide bonds. The van der Waals surface area contributed by atoms with E-state index in [0.29, 0.717) is 10.9 Å². The van der Waals surface area contributed by atoms with Gasteiger partial charge in [-0.1, -0.05) is 17.8 Å². The summed E-state index contributed by atoms with van der Waals surface area (Å²) in [5.74, 6) is 0.463. The van der Waals surface area contributed by atoms with Gasteiger partial charge in [0.25, 0.3) is 0 Å². The van der Waals surface area contributed by atoms with Crippen LogP contribution >= 0.6 is 11.8 Å². The van der Waals surface area contributed by atoms with Crippen LogP contribution in [0.5, 0.6) is 0 Å². The topological polar surface area (TPSA) is 59.0 Å². The van der Waals surface area contributed by atoms with E-state index in [4.69, 9.17) is 0 Å². The molecule has 0 bridgehead atoms. The predicted octanol–water partition coefficient (Wildman–Crippen LogP) is 2.50. The van der Waals surface area contributed by atoms with Crippen LogP contribution in [-0.2, 0) is 4.79 Å². The monoisotopic (exact) mass is 302 g/mol. The summed E-state index contributed by atoms with van der Waals surface area (Å²) in [6.45, 7) is 5.41. The molecule has 0 spiro atoms.